The van der Waals surface area contributed by atoms with Crippen molar-refractivity contribution in [2.45, 2.75) is 13.5 Å². The molecule has 2 aromatic heterocycles. The Kier molecular flexibility index (Phi) is 6.28. The number of ether oxygens (including phenoxy) is 1. The van der Waals surface area contributed by atoms with Gasteiger partial charge in [-0.2, -0.15) is 10.2 Å². The summed E-state index contributed by atoms with van der Waals surface area (Å²) >= 11 is 0. The number of nitriles is 1. The van der Waals surface area contributed by atoms with Crippen molar-refractivity contribution in [1.29, 1.82) is 5.26 Å². The predicted molar refractivity (Wildman–Crippen MR) is 125 cm³/mol. The summed E-state index contributed by atoms with van der Waals surface area (Å²) in [5.41, 5.74) is 1.45. The Hall–Kier alpha value is -4.70. The van der Waals surface area contributed by atoms with Crippen molar-refractivity contribution < 1.29 is 9.53 Å². The van der Waals surface area contributed by atoms with Gasteiger partial charge in [-0.15, -0.1) is 0 Å². The normalized spacial score (nSPS) is 11.1. The molecule has 0 aliphatic heterocycles. The van der Waals surface area contributed by atoms with E-state index in [0.717, 1.165) is 11.1 Å². The number of pyridine rings is 1. The first-order valence-electron chi connectivity index (χ1n) is 10.3. The average molecular weight is 436 g/mol. The van der Waals surface area contributed by atoms with Gasteiger partial charge in [0.25, 0.3) is 11.5 Å². The maximum absolute atomic E-state index is 13.2. The number of hydrogen-bond acceptors (Lipinski definition) is 5. The Balaban J connectivity index is 1.75. The maximum atomic E-state index is 13.2. The van der Waals surface area contributed by atoms with Crippen molar-refractivity contribution in [2.75, 3.05) is 0 Å². The third-order valence-electron chi connectivity index (χ3n) is 4.98. The first-order chi connectivity index (χ1) is 16.1. The van der Waals surface area contributed by atoms with Crippen LogP contribution in [0.3, 0.4) is 0 Å². The number of para-hydroxylation sites is 1. The molecule has 4 rings (SSSR count). The highest BCUT2D eigenvalue weighted by Gasteiger charge is 2.17. The molecular weight excluding hydrogens is 416 g/mol. The molecule has 0 aliphatic rings. The largest absolute Gasteiger partial charge is 0.438 e. The minimum absolute atomic E-state index is 0.00774. The van der Waals surface area contributed by atoms with Crippen molar-refractivity contribution in [3.05, 3.63) is 112 Å². The fourth-order valence-electron chi connectivity index (χ4n) is 3.23. The molecule has 0 saturated heterocycles. The predicted octanol–water partition coefficient (Wildman–Crippen LogP) is 4.02. The lowest BCUT2D eigenvalue weighted by atomic mass is 10.1. The van der Waals surface area contributed by atoms with Gasteiger partial charge in [-0.1, -0.05) is 54.6 Å². The van der Waals surface area contributed by atoms with Crippen LogP contribution in [-0.4, -0.2) is 15.3 Å². The number of benzene rings is 2. The third-order valence-corrected chi connectivity index (χ3v) is 4.98. The zero-order valence-electron chi connectivity index (χ0n) is 17.9. The number of rotatable bonds is 6. The summed E-state index contributed by atoms with van der Waals surface area (Å²) in [4.78, 5) is 30.4. The van der Waals surface area contributed by atoms with Crippen LogP contribution in [0.25, 0.3) is 11.7 Å². The fraction of sp³-hybridized carbons (Fsp3) is 0.0769. The van der Waals surface area contributed by atoms with E-state index in [4.69, 9.17) is 4.74 Å². The van der Waals surface area contributed by atoms with Crippen LogP contribution in [0, 0.1) is 18.3 Å². The van der Waals surface area contributed by atoms with Crippen LogP contribution in [0.15, 0.2) is 89.4 Å². The Morgan fingerprint density at radius 1 is 1.09 bits per heavy atom. The molecule has 162 valence electrons. The van der Waals surface area contributed by atoms with Gasteiger partial charge >= 0.3 is 0 Å². The second kappa shape index (κ2) is 9.62. The van der Waals surface area contributed by atoms with E-state index in [9.17, 15) is 14.9 Å². The summed E-state index contributed by atoms with van der Waals surface area (Å²) < 4.78 is 7.31. The van der Waals surface area contributed by atoms with E-state index in [-0.39, 0.29) is 23.6 Å². The number of fused-ring (bicyclic) bond motifs is 1. The van der Waals surface area contributed by atoms with Gasteiger partial charge in [0.1, 0.15) is 28.6 Å². The fourth-order valence-corrected chi connectivity index (χ4v) is 3.23. The van der Waals surface area contributed by atoms with Gasteiger partial charge in [0.15, 0.2) is 0 Å². The molecule has 0 spiro atoms. The molecule has 0 atom stereocenters. The lowest BCUT2D eigenvalue weighted by Gasteiger charge is -2.12. The van der Waals surface area contributed by atoms with Gasteiger partial charge in [0.05, 0.1) is 0 Å². The molecule has 0 bridgehead atoms. The van der Waals surface area contributed by atoms with Gasteiger partial charge in [0, 0.05) is 12.7 Å². The lowest BCUT2D eigenvalue weighted by molar-refractivity contribution is -0.117. The molecule has 0 unspecified atom stereocenters. The summed E-state index contributed by atoms with van der Waals surface area (Å²) in [6, 6.07) is 23.7. The Bertz CT molecular complexity index is 1450. The second-order valence-corrected chi connectivity index (χ2v) is 7.27. The highest BCUT2D eigenvalue weighted by Crippen LogP contribution is 2.26. The lowest BCUT2D eigenvalue weighted by Crippen LogP contribution is -2.25. The molecule has 1 N–H and O–H groups in total. The summed E-state index contributed by atoms with van der Waals surface area (Å²) in [7, 11) is 0. The van der Waals surface area contributed by atoms with E-state index in [2.05, 4.69) is 10.3 Å². The third kappa shape index (κ3) is 4.81. The monoisotopic (exact) mass is 436 g/mol. The minimum atomic E-state index is -0.597. The molecule has 0 fully saturated rings. The van der Waals surface area contributed by atoms with Gasteiger partial charge in [0.2, 0.25) is 5.88 Å². The average Bonchev–Trinajstić information content (AvgIpc) is 2.84. The first kappa shape index (κ1) is 21.5. The van der Waals surface area contributed by atoms with Crippen LogP contribution in [0.4, 0.5) is 0 Å². The molecular formula is C26H20N4O3. The molecule has 1 amide bonds. The minimum Gasteiger partial charge on any atom is -0.438 e. The van der Waals surface area contributed by atoms with E-state index in [1.807, 2.05) is 61.5 Å². The number of carbonyl (C=O) groups excluding carboxylic acids is 1. The number of carbonyl (C=O) groups is 1. The summed E-state index contributed by atoms with van der Waals surface area (Å²) in [6.07, 6.45) is 2.80. The molecule has 0 aliphatic carbocycles. The number of aryl methyl sites for hydroxylation is 1. The van der Waals surface area contributed by atoms with E-state index < -0.39 is 11.5 Å². The van der Waals surface area contributed by atoms with Crippen LogP contribution in [-0.2, 0) is 11.3 Å². The Morgan fingerprint density at radius 2 is 1.82 bits per heavy atom. The number of amides is 1. The summed E-state index contributed by atoms with van der Waals surface area (Å²) in [5, 5.41) is 12.3. The number of nitrogens with one attached hydrogen (secondary N) is 1. The van der Waals surface area contributed by atoms with E-state index >= 15 is 0 Å². The number of aromatic nitrogens is 2. The standard InChI is InChI=1S/C26H20N4O3/c1-18-9-5-6-12-22(18)33-25-21(26(32)30-14-8-7-13-23(30)29-25)15-20(16-27)24(31)28-17-19-10-3-2-4-11-19/h2-15H,17H2,1H3,(H,28,31). The molecule has 4 aromatic rings. The number of hydrogen-bond donors (Lipinski definition) is 1. The van der Waals surface area contributed by atoms with E-state index in [1.165, 1.54) is 10.5 Å². The van der Waals surface area contributed by atoms with Crippen LogP contribution in [0.2, 0.25) is 0 Å². The summed E-state index contributed by atoms with van der Waals surface area (Å²) in [5.74, 6) is -0.0590. The molecule has 33 heavy (non-hydrogen) atoms. The van der Waals surface area contributed by atoms with Gasteiger partial charge in [-0.25, -0.2) is 0 Å². The zero-order chi connectivity index (χ0) is 23.2. The maximum Gasteiger partial charge on any atom is 0.269 e. The van der Waals surface area contributed by atoms with E-state index in [0.29, 0.717) is 11.4 Å². The Morgan fingerprint density at radius 3 is 2.58 bits per heavy atom. The second-order valence-electron chi connectivity index (χ2n) is 7.27. The molecule has 2 heterocycles. The Labute approximate surface area is 190 Å². The van der Waals surface area contributed by atoms with Crippen LogP contribution >= 0.6 is 0 Å². The molecule has 0 radical (unpaired) electrons. The SMILES string of the molecule is Cc1ccccc1Oc1nc2ccccn2c(=O)c1C=C(C#N)C(=O)NCc1ccccc1. The first-order valence-corrected chi connectivity index (χ1v) is 10.3. The van der Waals surface area contributed by atoms with Crippen molar-refractivity contribution >= 4 is 17.6 Å². The molecule has 2 aromatic carbocycles. The van der Waals surface area contributed by atoms with Gasteiger partial charge < -0.3 is 10.1 Å². The van der Waals surface area contributed by atoms with Gasteiger partial charge in [-0.05, 0) is 42.3 Å². The highest BCUT2D eigenvalue weighted by atomic mass is 16.5. The number of nitrogens with zero attached hydrogens (tertiary/aromatic N) is 3. The van der Waals surface area contributed by atoms with Crippen molar-refractivity contribution in [1.82, 2.24) is 14.7 Å². The van der Waals surface area contributed by atoms with Crippen molar-refractivity contribution in [2.24, 2.45) is 0 Å². The van der Waals surface area contributed by atoms with E-state index in [1.54, 1.807) is 30.5 Å². The quantitative estimate of drug-likeness (QED) is 0.364. The van der Waals surface area contributed by atoms with Crippen molar-refractivity contribution in [3.63, 3.8) is 0 Å². The zero-order valence-corrected chi connectivity index (χ0v) is 17.9. The van der Waals surface area contributed by atoms with Crippen molar-refractivity contribution in [3.8, 4) is 17.7 Å². The molecule has 7 heteroatoms. The van der Waals surface area contributed by atoms with Crippen LogP contribution in [0.5, 0.6) is 11.6 Å². The smallest absolute Gasteiger partial charge is 0.269 e. The molecule has 0 saturated carbocycles. The topological polar surface area (TPSA) is 96.5 Å². The van der Waals surface area contributed by atoms with Crippen LogP contribution < -0.4 is 15.6 Å². The molecule has 7 nitrogen and oxygen atoms in total. The summed E-state index contributed by atoms with van der Waals surface area (Å²) in [6.45, 7) is 2.12. The van der Waals surface area contributed by atoms with Gasteiger partial charge in [-0.3, -0.25) is 14.0 Å². The highest BCUT2D eigenvalue weighted by molar-refractivity contribution is 6.01. The van der Waals surface area contributed by atoms with Crippen LogP contribution in [0.1, 0.15) is 16.7 Å².